The van der Waals surface area contributed by atoms with E-state index in [0.29, 0.717) is 0 Å². The van der Waals surface area contributed by atoms with E-state index >= 15 is 0 Å². The topological polar surface area (TPSA) is 28.7 Å². The van der Waals surface area contributed by atoms with Crippen molar-refractivity contribution in [2.75, 3.05) is 0 Å². The highest BCUT2D eigenvalue weighted by atomic mass is 127. The summed E-state index contributed by atoms with van der Waals surface area (Å²) in [5.74, 6) is 1.74. The van der Waals surface area contributed by atoms with Crippen molar-refractivity contribution in [1.82, 2.24) is 9.97 Å². The van der Waals surface area contributed by atoms with E-state index in [-0.39, 0.29) is 0 Å². The van der Waals surface area contributed by atoms with E-state index in [2.05, 4.69) is 56.8 Å². The minimum Gasteiger partial charge on any atom is -0.342 e. The second-order valence-electron chi connectivity index (χ2n) is 3.97. The van der Waals surface area contributed by atoms with E-state index in [0.717, 1.165) is 11.7 Å². The fourth-order valence-electron chi connectivity index (χ4n) is 1.72. The first-order chi connectivity index (χ1) is 7.33. The molecule has 0 spiro atoms. The number of aromatic amines is 1. The molecule has 1 saturated carbocycles. The number of benzene rings is 1. The molecule has 0 bridgehead atoms. The van der Waals surface area contributed by atoms with Gasteiger partial charge in [0.05, 0.1) is 0 Å². The van der Waals surface area contributed by atoms with Crippen LogP contribution in [-0.2, 0) is 0 Å². The van der Waals surface area contributed by atoms with E-state index in [4.69, 9.17) is 0 Å². The van der Waals surface area contributed by atoms with Gasteiger partial charge in [-0.3, -0.25) is 0 Å². The second-order valence-corrected chi connectivity index (χ2v) is 5.22. The first-order valence-corrected chi connectivity index (χ1v) is 6.21. The van der Waals surface area contributed by atoms with E-state index in [1.807, 2.05) is 6.20 Å². The summed E-state index contributed by atoms with van der Waals surface area (Å²) in [6, 6.07) is 8.40. The average Bonchev–Trinajstić information content (AvgIpc) is 2.97. The van der Waals surface area contributed by atoms with Crippen molar-refractivity contribution >= 4 is 22.6 Å². The number of halogens is 1. The zero-order valence-electron chi connectivity index (χ0n) is 8.20. The van der Waals surface area contributed by atoms with Crippen LogP contribution in [0.1, 0.15) is 24.5 Å². The van der Waals surface area contributed by atoms with Crippen LogP contribution in [0.5, 0.6) is 0 Å². The molecule has 0 aliphatic heterocycles. The lowest BCUT2D eigenvalue weighted by atomic mass is 10.2. The van der Waals surface area contributed by atoms with E-state index < -0.39 is 0 Å². The molecule has 0 atom stereocenters. The zero-order valence-corrected chi connectivity index (χ0v) is 10.4. The lowest BCUT2D eigenvalue weighted by molar-refractivity contribution is 1.05. The maximum absolute atomic E-state index is 4.43. The van der Waals surface area contributed by atoms with Gasteiger partial charge in [-0.15, -0.1) is 0 Å². The summed E-state index contributed by atoms with van der Waals surface area (Å²) in [5, 5.41) is 0. The number of H-pyrrole nitrogens is 1. The Morgan fingerprint density at radius 2 is 2.20 bits per heavy atom. The van der Waals surface area contributed by atoms with Gasteiger partial charge in [-0.25, -0.2) is 4.98 Å². The van der Waals surface area contributed by atoms with Gasteiger partial charge >= 0.3 is 0 Å². The molecule has 2 aromatic rings. The van der Waals surface area contributed by atoms with Crippen LogP contribution in [0.15, 0.2) is 30.5 Å². The summed E-state index contributed by atoms with van der Waals surface area (Å²) in [4.78, 5) is 7.83. The molecule has 1 aromatic heterocycles. The zero-order chi connectivity index (χ0) is 10.3. The van der Waals surface area contributed by atoms with Crippen molar-refractivity contribution in [2.45, 2.75) is 18.8 Å². The van der Waals surface area contributed by atoms with Crippen molar-refractivity contribution in [3.05, 3.63) is 39.7 Å². The first-order valence-electron chi connectivity index (χ1n) is 5.14. The van der Waals surface area contributed by atoms with Crippen LogP contribution in [0, 0.1) is 3.57 Å². The smallest absolute Gasteiger partial charge is 0.137 e. The van der Waals surface area contributed by atoms with Gasteiger partial charge in [0, 0.05) is 26.9 Å². The molecule has 15 heavy (non-hydrogen) atoms. The van der Waals surface area contributed by atoms with Gasteiger partial charge in [0.25, 0.3) is 0 Å². The van der Waals surface area contributed by atoms with Gasteiger partial charge in [-0.05, 0) is 47.6 Å². The summed E-state index contributed by atoms with van der Waals surface area (Å²) in [7, 11) is 0. The van der Waals surface area contributed by atoms with Gasteiger partial charge in [0.1, 0.15) is 5.82 Å². The van der Waals surface area contributed by atoms with E-state index in [9.17, 15) is 0 Å². The Morgan fingerprint density at radius 1 is 1.33 bits per heavy atom. The third-order valence-corrected chi connectivity index (χ3v) is 3.38. The minimum atomic E-state index is 0.744. The molecule has 1 aliphatic carbocycles. The highest BCUT2D eigenvalue weighted by molar-refractivity contribution is 14.1. The van der Waals surface area contributed by atoms with E-state index in [1.165, 1.54) is 27.7 Å². The molecule has 1 aromatic carbocycles. The van der Waals surface area contributed by atoms with Crippen LogP contribution in [0.2, 0.25) is 0 Å². The Hall–Kier alpha value is -0.840. The SMILES string of the molecule is Ic1cccc(-c2ncc(C3CC3)[nH]2)c1. The second kappa shape index (κ2) is 3.63. The molecule has 0 radical (unpaired) electrons. The Bertz CT molecular complexity index is 486. The monoisotopic (exact) mass is 310 g/mol. The molecule has 3 rings (SSSR count). The normalized spacial score (nSPS) is 15.5. The van der Waals surface area contributed by atoms with Crippen LogP contribution >= 0.6 is 22.6 Å². The molecule has 0 unspecified atom stereocenters. The Morgan fingerprint density at radius 3 is 2.93 bits per heavy atom. The van der Waals surface area contributed by atoms with Gasteiger partial charge in [0.15, 0.2) is 0 Å². The Kier molecular flexibility index (Phi) is 2.27. The highest BCUT2D eigenvalue weighted by Crippen LogP contribution is 2.39. The summed E-state index contributed by atoms with van der Waals surface area (Å²) < 4.78 is 1.24. The molecule has 2 nitrogen and oxygen atoms in total. The third kappa shape index (κ3) is 1.93. The summed E-state index contributed by atoms with van der Waals surface area (Å²) in [5.41, 5.74) is 2.47. The van der Waals surface area contributed by atoms with Gasteiger partial charge in [-0.2, -0.15) is 0 Å². The predicted molar refractivity (Wildman–Crippen MR) is 68.7 cm³/mol. The maximum Gasteiger partial charge on any atom is 0.137 e. The number of nitrogens with one attached hydrogen (secondary N) is 1. The first kappa shape index (κ1) is 9.39. The largest absolute Gasteiger partial charge is 0.342 e. The van der Waals surface area contributed by atoms with Gasteiger partial charge < -0.3 is 4.98 Å². The molecule has 1 fully saturated rings. The summed E-state index contributed by atoms with van der Waals surface area (Å²) >= 11 is 2.32. The molecule has 1 aliphatic rings. The molecule has 0 saturated heterocycles. The fourth-order valence-corrected chi connectivity index (χ4v) is 2.26. The van der Waals surface area contributed by atoms with Crippen molar-refractivity contribution in [3.8, 4) is 11.4 Å². The average molecular weight is 310 g/mol. The standard InChI is InChI=1S/C12H11IN2/c13-10-3-1-2-9(6-10)12-14-7-11(15-12)8-4-5-8/h1-3,6-8H,4-5H2,(H,14,15). The van der Waals surface area contributed by atoms with Crippen molar-refractivity contribution in [1.29, 1.82) is 0 Å². The van der Waals surface area contributed by atoms with Crippen LogP contribution < -0.4 is 0 Å². The summed E-state index contributed by atoms with van der Waals surface area (Å²) in [6.45, 7) is 0. The lowest BCUT2D eigenvalue weighted by Crippen LogP contribution is -1.82. The van der Waals surface area contributed by atoms with Crippen molar-refractivity contribution < 1.29 is 0 Å². The lowest BCUT2D eigenvalue weighted by Gasteiger charge is -1.97. The van der Waals surface area contributed by atoms with Crippen LogP contribution in [0.4, 0.5) is 0 Å². The number of aromatic nitrogens is 2. The minimum absolute atomic E-state index is 0.744. The summed E-state index contributed by atoms with van der Waals surface area (Å²) in [6.07, 6.45) is 4.61. The molecular formula is C12H11IN2. The molecular weight excluding hydrogens is 299 g/mol. The molecule has 0 amide bonds. The van der Waals surface area contributed by atoms with Crippen molar-refractivity contribution in [2.24, 2.45) is 0 Å². The number of nitrogens with zero attached hydrogens (tertiary/aromatic N) is 1. The van der Waals surface area contributed by atoms with Crippen LogP contribution in [0.3, 0.4) is 0 Å². The number of hydrogen-bond acceptors (Lipinski definition) is 1. The molecule has 1 N–H and O–H groups in total. The molecule has 76 valence electrons. The maximum atomic E-state index is 4.43. The van der Waals surface area contributed by atoms with Gasteiger partial charge in [-0.1, -0.05) is 12.1 Å². The Labute approximate surface area is 102 Å². The number of hydrogen-bond donors (Lipinski definition) is 1. The Balaban J connectivity index is 1.97. The quantitative estimate of drug-likeness (QED) is 0.844. The van der Waals surface area contributed by atoms with E-state index in [1.54, 1.807) is 0 Å². The molecule has 1 heterocycles. The predicted octanol–water partition coefficient (Wildman–Crippen LogP) is 3.56. The number of rotatable bonds is 2. The van der Waals surface area contributed by atoms with Crippen LogP contribution in [0.25, 0.3) is 11.4 Å². The van der Waals surface area contributed by atoms with Crippen LogP contribution in [-0.4, -0.2) is 9.97 Å². The highest BCUT2D eigenvalue weighted by Gasteiger charge is 2.25. The fraction of sp³-hybridized carbons (Fsp3) is 0.250. The van der Waals surface area contributed by atoms with Gasteiger partial charge in [0.2, 0.25) is 0 Å². The number of imidazole rings is 1. The third-order valence-electron chi connectivity index (χ3n) is 2.71. The molecule has 3 heteroatoms. The van der Waals surface area contributed by atoms with Crippen molar-refractivity contribution in [3.63, 3.8) is 0 Å².